The zero-order valence-corrected chi connectivity index (χ0v) is 11.4. The number of benzene rings is 2. The van der Waals surface area contributed by atoms with Crippen LogP contribution in [0.3, 0.4) is 0 Å². The van der Waals surface area contributed by atoms with Crippen molar-refractivity contribution in [2.45, 2.75) is 6.61 Å². The van der Waals surface area contributed by atoms with Crippen LogP contribution in [0.25, 0.3) is 0 Å². The number of aromatic carboxylic acids is 1. The molecular weight excluding hydrogens is 301 g/mol. The van der Waals surface area contributed by atoms with Gasteiger partial charge in [-0.2, -0.15) is 0 Å². The molecule has 22 heavy (non-hydrogen) atoms. The number of halogens is 3. The highest BCUT2D eigenvalue weighted by Crippen LogP contribution is 2.26. The third kappa shape index (κ3) is 3.13. The first kappa shape index (κ1) is 15.7. The summed E-state index contributed by atoms with van der Waals surface area (Å²) < 4.78 is 50.5. The molecule has 0 radical (unpaired) electrons. The van der Waals surface area contributed by atoms with Crippen LogP contribution in [0.4, 0.5) is 13.2 Å². The molecule has 2 aromatic carbocycles. The number of methoxy groups -OCH3 is 1. The number of ether oxygens (including phenoxy) is 2. The highest BCUT2D eigenvalue weighted by Gasteiger charge is 2.16. The minimum Gasteiger partial charge on any atom is -0.496 e. The first-order chi connectivity index (χ1) is 10.4. The lowest BCUT2D eigenvalue weighted by Crippen LogP contribution is -2.05. The van der Waals surface area contributed by atoms with Gasteiger partial charge >= 0.3 is 5.97 Å². The van der Waals surface area contributed by atoms with E-state index < -0.39 is 30.0 Å². The minimum absolute atomic E-state index is 0.0358. The lowest BCUT2D eigenvalue weighted by Gasteiger charge is -2.12. The molecule has 1 N–H and O–H groups in total. The Labute approximate surface area is 123 Å². The van der Waals surface area contributed by atoms with Crippen molar-refractivity contribution >= 4 is 5.97 Å². The highest BCUT2D eigenvalue weighted by atomic mass is 19.2. The number of carboxylic acid groups (broad SMARTS) is 1. The fraction of sp³-hybridized carbons (Fsp3) is 0.133. The highest BCUT2D eigenvalue weighted by molar-refractivity contribution is 5.88. The van der Waals surface area contributed by atoms with Crippen LogP contribution in [0.2, 0.25) is 0 Å². The van der Waals surface area contributed by atoms with E-state index in [1.807, 2.05) is 0 Å². The van der Waals surface area contributed by atoms with Crippen LogP contribution in [0.1, 0.15) is 15.9 Å². The largest absolute Gasteiger partial charge is 0.496 e. The van der Waals surface area contributed by atoms with Crippen molar-refractivity contribution in [3.8, 4) is 11.5 Å². The second-order valence-electron chi connectivity index (χ2n) is 4.28. The topological polar surface area (TPSA) is 55.8 Å². The molecule has 0 aliphatic carbocycles. The number of carbonyl (C=O) groups is 1. The van der Waals surface area contributed by atoms with E-state index in [0.29, 0.717) is 0 Å². The molecule has 0 unspecified atom stereocenters. The van der Waals surface area contributed by atoms with Crippen molar-refractivity contribution in [2.24, 2.45) is 0 Å². The molecule has 0 saturated carbocycles. The fourth-order valence-electron chi connectivity index (χ4n) is 1.80. The van der Waals surface area contributed by atoms with Gasteiger partial charge in [-0.1, -0.05) is 0 Å². The quantitative estimate of drug-likeness (QED) is 0.919. The molecule has 7 heteroatoms. The lowest BCUT2D eigenvalue weighted by atomic mass is 10.2. The Morgan fingerprint density at radius 2 is 1.77 bits per heavy atom. The zero-order chi connectivity index (χ0) is 16.3. The maximum atomic E-state index is 13.7. The normalized spacial score (nSPS) is 10.4. The summed E-state index contributed by atoms with van der Waals surface area (Å²) in [6, 6.07) is 5.04. The van der Waals surface area contributed by atoms with Crippen LogP contribution in [0.15, 0.2) is 30.3 Å². The van der Waals surface area contributed by atoms with Crippen LogP contribution in [0, 0.1) is 17.5 Å². The van der Waals surface area contributed by atoms with Gasteiger partial charge in [-0.3, -0.25) is 0 Å². The summed E-state index contributed by atoms with van der Waals surface area (Å²) in [7, 11) is 1.27. The van der Waals surface area contributed by atoms with Gasteiger partial charge in [0.2, 0.25) is 0 Å². The maximum absolute atomic E-state index is 13.7. The van der Waals surface area contributed by atoms with Crippen molar-refractivity contribution in [1.82, 2.24) is 0 Å². The summed E-state index contributed by atoms with van der Waals surface area (Å²) >= 11 is 0. The van der Waals surface area contributed by atoms with E-state index in [2.05, 4.69) is 0 Å². The van der Waals surface area contributed by atoms with E-state index in [1.54, 1.807) is 0 Å². The Hall–Kier alpha value is -2.70. The third-order valence-electron chi connectivity index (χ3n) is 2.92. The summed E-state index contributed by atoms with van der Waals surface area (Å²) in [6.45, 7) is -0.521. The molecule has 2 rings (SSSR count). The van der Waals surface area contributed by atoms with Crippen LogP contribution in [-0.4, -0.2) is 18.2 Å². The Morgan fingerprint density at radius 1 is 1.09 bits per heavy atom. The predicted molar refractivity (Wildman–Crippen MR) is 70.6 cm³/mol. The number of hydrogen-bond acceptors (Lipinski definition) is 3. The van der Waals surface area contributed by atoms with Gasteiger partial charge in [0.25, 0.3) is 0 Å². The van der Waals surface area contributed by atoms with Crippen LogP contribution < -0.4 is 9.47 Å². The fourth-order valence-corrected chi connectivity index (χ4v) is 1.80. The third-order valence-corrected chi connectivity index (χ3v) is 2.92. The van der Waals surface area contributed by atoms with E-state index in [0.717, 1.165) is 24.3 Å². The van der Waals surface area contributed by atoms with Crippen LogP contribution in [0.5, 0.6) is 11.5 Å². The summed E-state index contributed by atoms with van der Waals surface area (Å²) in [5.41, 5.74) is -0.425. The van der Waals surface area contributed by atoms with Gasteiger partial charge in [0, 0.05) is 0 Å². The van der Waals surface area contributed by atoms with E-state index in [9.17, 15) is 18.0 Å². The molecule has 0 aliphatic heterocycles. The van der Waals surface area contributed by atoms with Crippen LogP contribution >= 0.6 is 0 Å². The predicted octanol–water partition coefficient (Wildman–Crippen LogP) is 3.39. The van der Waals surface area contributed by atoms with Gasteiger partial charge in [0.05, 0.1) is 18.2 Å². The minimum atomic E-state index is -1.26. The SMILES string of the molecule is COc1ccc(F)c(F)c1COc1cc(C(=O)O)ccc1F. The Balaban J connectivity index is 2.29. The monoisotopic (exact) mass is 312 g/mol. The van der Waals surface area contributed by atoms with E-state index in [-0.39, 0.29) is 22.6 Å². The van der Waals surface area contributed by atoms with Crippen molar-refractivity contribution in [3.63, 3.8) is 0 Å². The van der Waals surface area contributed by atoms with Gasteiger partial charge < -0.3 is 14.6 Å². The van der Waals surface area contributed by atoms with Crippen molar-refractivity contribution < 1.29 is 32.5 Å². The Morgan fingerprint density at radius 3 is 2.41 bits per heavy atom. The van der Waals surface area contributed by atoms with Gasteiger partial charge in [-0.05, 0) is 30.3 Å². The van der Waals surface area contributed by atoms with Gasteiger partial charge in [-0.15, -0.1) is 0 Å². The molecule has 4 nitrogen and oxygen atoms in total. The molecule has 0 atom stereocenters. The number of hydrogen-bond donors (Lipinski definition) is 1. The smallest absolute Gasteiger partial charge is 0.335 e. The molecule has 0 spiro atoms. The first-order valence-electron chi connectivity index (χ1n) is 6.10. The molecule has 0 saturated heterocycles. The molecule has 116 valence electrons. The van der Waals surface area contributed by atoms with E-state index >= 15 is 0 Å². The average Bonchev–Trinajstić information content (AvgIpc) is 2.49. The molecule has 0 bridgehead atoms. The van der Waals surface area contributed by atoms with E-state index in [4.69, 9.17) is 14.6 Å². The second-order valence-corrected chi connectivity index (χ2v) is 4.28. The second kappa shape index (κ2) is 6.38. The Kier molecular flexibility index (Phi) is 4.55. The van der Waals surface area contributed by atoms with Crippen LogP contribution in [-0.2, 0) is 6.61 Å². The molecular formula is C15H11F3O4. The molecule has 0 heterocycles. The summed E-state index contributed by atoms with van der Waals surface area (Å²) in [5.74, 6) is -4.70. The number of rotatable bonds is 5. The molecule has 0 fully saturated rings. The molecule has 0 amide bonds. The summed E-state index contributed by atoms with van der Waals surface area (Å²) in [5, 5.41) is 8.84. The standard InChI is InChI=1S/C15H11F3O4/c1-21-12-5-4-11(17)14(18)9(12)7-22-13-6-8(15(19)20)2-3-10(13)16/h2-6H,7H2,1H3,(H,19,20). The van der Waals surface area contributed by atoms with Crippen molar-refractivity contribution in [3.05, 3.63) is 58.9 Å². The van der Waals surface area contributed by atoms with Crippen molar-refractivity contribution in [1.29, 1.82) is 0 Å². The maximum Gasteiger partial charge on any atom is 0.335 e. The van der Waals surface area contributed by atoms with Gasteiger partial charge in [0.15, 0.2) is 23.2 Å². The molecule has 0 aromatic heterocycles. The molecule has 0 aliphatic rings. The lowest BCUT2D eigenvalue weighted by molar-refractivity contribution is 0.0696. The summed E-state index contributed by atoms with van der Waals surface area (Å²) in [4.78, 5) is 10.8. The summed E-state index contributed by atoms with van der Waals surface area (Å²) in [6.07, 6.45) is 0. The average molecular weight is 312 g/mol. The van der Waals surface area contributed by atoms with E-state index in [1.165, 1.54) is 13.2 Å². The Bertz CT molecular complexity index is 716. The zero-order valence-electron chi connectivity index (χ0n) is 11.4. The first-order valence-corrected chi connectivity index (χ1v) is 6.10. The van der Waals surface area contributed by atoms with Gasteiger partial charge in [-0.25, -0.2) is 18.0 Å². The van der Waals surface area contributed by atoms with Gasteiger partial charge in [0.1, 0.15) is 12.4 Å². The molecule has 2 aromatic rings. The van der Waals surface area contributed by atoms with Crippen molar-refractivity contribution in [2.75, 3.05) is 7.11 Å². The number of carboxylic acids is 1.